The Kier molecular flexibility index (Phi) is 4.35. The predicted octanol–water partition coefficient (Wildman–Crippen LogP) is 1.24. The van der Waals surface area contributed by atoms with Crippen LogP contribution in [0.5, 0.6) is 0 Å². The average molecular weight is 291 g/mol. The molecule has 16 heavy (non-hydrogen) atoms. The quantitative estimate of drug-likeness (QED) is 0.718. The zero-order valence-corrected chi connectivity index (χ0v) is 11.7. The van der Waals surface area contributed by atoms with Crippen LogP contribution < -0.4 is 0 Å². The van der Waals surface area contributed by atoms with Crippen molar-refractivity contribution in [3.05, 3.63) is 0 Å². The lowest BCUT2D eigenvalue weighted by molar-refractivity contribution is -0.140. The highest BCUT2D eigenvalue weighted by Gasteiger charge is 2.31. The highest BCUT2D eigenvalue weighted by atomic mass is 79.9. The van der Waals surface area contributed by atoms with E-state index in [4.69, 9.17) is 0 Å². The molecular formula is C11H19BrN2O2. The fraction of sp³-hybridized carbons (Fsp3) is 0.818. The summed E-state index contributed by atoms with van der Waals surface area (Å²) in [6.45, 7) is 8.14. The first kappa shape index (κ1) is 13.5. The number of piperazine rings is 1. The minimum absolute atomic E-state index is 0.0936. The lowest BCUT2D eigenvalue weighted by Gasteiger charge is -2.37. The molecule has 92 valence electrons. The lowest BCUT2D eigenvalue weighted by Crippen LogP contribution is -2.53. The van der Waals surface area contributed by atoms with Gasteiger partial charge in [0.25, 0.3) is 0 Å². The van der Waals surface area contributed by atoms with Gasteiger partial charge in [-0.25, -0.2) is 0 Å². The first-order chi connectivity index (χ1) is 7.36. The monoisotopic (exact) mass is 290 g/mol. The molecule has 1 rings (SSSR count). The van der Waals surface area contributed by atoms with Crippen molar-refractivity contribution in [1.82, 2.24) is 9.80 Å². The summed E-state index contributed by atoms with van der Waals surface area (Å²) in [6, 6.07) is 0. The predicted molar refractivity (Wildman–Crippen MR) is 66.5 cm³/mol. The molecule has 0 atom stereocenters. The van der Waals surface area contributed by atoms with E-state index in [0.29, 0.717) is 32.6 Å². The summed E-state index contributed by atoms with van der Waals surface area (Å²) < 4.78 is -0.510. The second kappa shape index (κ2) is 5.17. The number of nitrogens with zero attached hydrogens (tertiary/aromatic N) is 2. The Hall–Kier alpha value is -0.580. The maximum absolute atomic E-state index is 11.9. The van der Waals surface area contributed by atoms with Crippen molar-refractivity contribution in [2.45, 2.75) is 31.5 Å². The fourth-order valence-corrected chi connectivity index (χ4v) is 2.01. The Balaban J connectivity index is 2.49. The third kappa shape index (κ3) is 3.20. The van der Waals surface area contributed by atoms with E-state index in [2.05, 4.69) is 15.9 Å². The van der Waals surface area contributed by atoms with Gasteiger partial charge in [-0.1, -0.05) is 22.9 Å². The van der Waals surface area contributed by atoms with Crippen LogP contribution in [-0.2, 0) is 9.59 Å². The van der Waals surface area contributed by atoms with Crippen LogP contribution in [-0.4, -0.2) is 52.1 Å². The summed E-state index contributed by atoms with van der Waals surface area (Å²) >= 11 is 3.37. The van der Waals surface area contributed by atoms with E-state index < -0.39 is 4.32 Å². The Morgan fingerprint density at radius 2 is 1.56 bits per heavy atom. The molecule has 0 aromatic heterocycles. The summed E-state index contributed by atoms with van der Waals surface area (Å²) in [5, 5.41) is 0. The minimum atomic E-state index is -0.510. The summed E-state index contributed by atoms with van der Waals surface area (Å²) in [5.74, 6) is 0.265. The standard InChI is InChI=1S/C11H19BrN2O2/c1-4-9(15)13-5-7-14(8-6-13)10(16)11(2,3)12/h4-8H2,1-3H3. The van der Waals surface area contributed by atoms with Crippen LogP contribution in [0.4, 0.5) is 0 Å². The number of amides is 2. The number of carbonyl (C=O) groups excluding carboxylic acids is 2. The summed E-state index contributed by atoms with van der Waals surface area (Å²) in [4.78, 5) is 27.0. The molecule has 1 aliphatic rings. The van der Waals surface area contributed by atoms with Crippen molar-refractivity contribution >= 4 is 27.7 Å². The molecule has 0 aliphatic carbocycles. The largest absolute Gasteiger partial charge is 0.339 e. The van der Waals surface area contributed by atoms with Crippen molar-refractivity contribution in [1.29, 1.82) is 0 Å². The van der Waals surface area contributed by atoms with Gasteiger partial charge in [0.15, 0.2) is 0 Å². The molecule has 0 spiro atoms. The van der Waals surface area contributed by atoms with Crippen LogP contribution in [0.1, 0.15) is 27.2 Å². The van der Waals surface area contributed by atoms with E-state index in [1.807, 2.05) is 30.6 Å². The summed E-state index contributed by atoms with van der Waals surface area (Å²) in [5.41, 5.74) is 0. The van der Waals surface area contributed by atoms with Gasteiger partial charge in [0.2, 0.25) is 11.8 Å². The van der Waals surface area contributed by atoms with E-state index in [0.717, 1.165) is 0 Å². The normalized spacial score (nSPS) is 17.5. The van der Waals surface area contributed by atoms with E-state index >= 15 is 0 Å². The average Bonchev–Trinajstić information content (AvgIpc) is 2.26. The Morgan fingerprint density at radius 1 is 1.12 bits per heavy atom. The molecule has 5 heteroatoms. The van der Waals surface area contributed by atoms with Gasteiger partial charge >= 0.3 is 0 Å². The molecule has 0 radical (unpaired) electrons. The molecule has 0 unspecified atom stereocenters. The van der Waals surface area contributed by atoms with Crippen LogP contribution in [0.2, 0.25) is 0 Å². The fourth-order valence-electron chi connectivity index (χ4n) is 1.76. The molecule has 0 saturated carbocycles. The van der Waals surface area contributed by atoms with Crippen molar-refractivity contribution in [3.8, 4) is 0 Å². The molecule has 0 aromatic carbocycles. The number of halogens is 1. The van der Waals surface area contributed by atoms with Gasteiger partial charge in [0.1, 0.15) is 0 Å². The van der Waals surface area contributed by atoms with E-state index in [-0.39, 0.29) is 11.8 Å². The molecule has 1 fully saturated rings. The maximum Gasteiger partial charge on any atom is 0.239 e. The van der Waals surface area contributed by atoms with Crippen LogP contribution >= 0.6 is 15.9 Å². The SMILES string of the molecule is CCC(=O)N1CCN(C(=O)C(C)(C)Br)CC1. The highest BCUT2D eigenvalue weighted by Crippen LogP contribution is 2.20. The Bertz CT molecular complexity index is 278. The van der Waals surface area contributed by atoms with Crippen molar-refractivity contribution < 1.29 is 9.59 Å². The number of hydrogen-bond acceptors (Lipinski definition) is 2. The molecule has 0 bridgehead atoms. The lowest BCUT2D eigenvalue weighted by atomic mass is 10.1. The molecule has 0 aromatic rings. The van der Waals surface area contributed by atoms with Crippen molar-refractivity contribution in [2.75, 3.05) is 26.2 Å². The van der Waals surface area contributed by atoms with Crippen molar-refractivity contribution in [3.63, 3.8) is 0 Å². The van der Waals surface area contributed by atoms with Gasteiger partial charge in [-0.05, 0) is 13.8 Å². The molecule has 0 N–H and O–H groups in total. The number of carbonyl (C=O) groups is 2. The second-order valence-electron chi connectivity index (χ2n) is 4.50. The molecule has 1 heterocycles. The van der Waals surface area contributed by atoms with Gasteiger partial charge in [-0.15, -0.1) is 0 Å². The first-order valence-electron chi connectivity index (χ1n) is 5.62. The third-order valence-corrected chi connectivity index (χ3v) is 3.07. The zero-order valence-electron chi connectivity index (χ0n) is 10.1. The van der Waals surface area contributed by atoms with E-state index in [1.54, 1.807) is 0 Å². The van der Waals surface area contributed by atoms with Crippen LogP contribution in [0.25, 0.3) is 0 Å². The van der Waals surface area contributed by atoms with Crippen LogP contribution in [0, 0.1) is 0 Å². The van der Waals surface area contributed by atoms with E-state index in [1.165, 1.54) is 0 Å². The molecule has 2 amide bonds. The van der Waals surface area contributed by atoms with Crippen molar-refractivity contribution in [2.24, 2.45) is 0 Å². The van der Waals surface area contributed by atoms with Gasteiger partial charge in [0, 0.05) is 32.6 Å². The third-order valence-electron chi connectivity index (χ3n) is 2.73. The number of alkyl halides is 1. The summed E-state index contributed by atoms with van der Waals surface area (Å²) in [6.07, 6.45) is 0.540. The van der Waals surface area contributed by atoms with Gasteiger partial charge in [0.05, 0.1) is 4.32 Å². The van der Waals surface area contributed by atoms with Gasteiger partial charge < -0.3 is 9.80 Å². The second-order valence-corrected chi connectivity index (χ2v) is 6.48. The molecule has 1 saturated heterocycles. The topological polar surface area (TPSA) is 40.6 Å². The minimum Gasteiger partial charge on any atom is -0.339 e. The molecule has 1 aliphatic heterocycles. The first-order valence-corrected chi connectivity index (χ1v) is 6.41. The highest BCUT2D eigenvalue weighted by molar-refractivity contribution is 9.10. The summed E-state index contributed by atoms with van der Waals surface area (Å²) in [7, 11) is 0. The van der Waals surface area contributed by atoms with Crippen LogP contribution in [0.15, 0.2) is 0 Å². The zero-order chi connectivity index (χ0) is 12.3. The van der Waals surface area contributed by atoms with Gasteiger partial charge in [-0.3, -0.25) is 9.59 Å². The smallest absolute Gasteiger partial charge is 0.239 e. The Labute approximate surface area is 105 Å². The molecule has 4 nitrogen and oxygen atoms in total. The van der Waals surface area contributed by atoms with Gasteiger partial charge in [-0.2, -0.15) is 0 Å². The number of rotatable bonds is 2. The maximum atomic E-state index is 11.9. The molecular weight excluding hydrogens is 272 g/mol. The Morgan fingerprint density at radius 3 is 1.94 bits per heavy atom. The van der Waals surface area contributed by atoms with E-state index in [9.17, 15) is 9.59 Å². The number of hydrogen-bond donors (Lipinski definition) is 0. The van der Waals surface area contributed by atoms with Crippen LogP contribution in [0.3, 0.4) is 0 Å².